The molecule has 0 saturated carbocycles. The standard InChI is InChI=1S/C13H16N4O3S/c1-9-2-3-10(21-9)6-15-13(20)14-4-5-17-7-11(12(18)19)16-8-17/h2-3,7-8H,4-6H2,1H3,(H,18,19)(H2,14,15,20). The van der Waals surface area contributed by atoms with Crippen LogP contribution in [0.3, 0.4) is 0 Å². The van der Waals surface area contributed by atoms with Gasteiger partial charge in [-0.2, -0.15) is 0 Å². The summed E-state index contributed by atoms with van der Waals surface area (Å²) in [6, 6.07) is 3.75. The van der Waals surface area contributed by atoms with Gasteiger partial charge in [0.25, 0.3) is 0 Å². The van der Waals surface area contributed by atoms with Crippen molar-refractivity contribution in [2.45, 2.75) is 20.0 Å². The minimum Gasteiger partial charge on any atom is -0.476 e. The molecule has 2 amide bonds. The second-order valence-electron chi connectivity index (χ2n) is 4.42. The van der Waals surface area contributed by atoms with Gasteiger partial charge >= 0.3 is 12.0 Å². The average Bonchev–Trinajstić information content (AvgIpc) is 3.05. The second-order valence-corrected chi connectivity index (χ2v) is 5.80. The largest absolute Gasteiger partial charge is 0.476 e. The summed E-state index contributed by atoms with van der Waals surface area (Å²) in [4.78, 5) is 28.3. The molecule has 8 heteroatoms. The summed E-state index contributed by atoms with van der Waals surface area (Å²) >= 11 is 1.65. The van der Waals surface area contributed by atoms with Gasteiger partial charge in [0.1, 0.15) is 0 Å². The number of amides is 2. The molecule has 0 spiro atoms. The molecular formula is C13H16N4O3S. The van der Waals surface area contributed by atoms with Crippen LogP contribution in [0.25, 0.3) is 0 Å². The first-order chi connectivity index (χ1) is 10.0. The molecule has 0 unspecified atom stereocenters. The molecule has 0 fully saturated rings. The molecule has 112 valence electrons. The Morgan fingerprint density at radius 3 is 2.81 bits per heavy atom. The van der Waals surface area contributed by atoms with Crippen LogP contribution < -0.4 is 10.6 Å². The van der Waals surface area contributed by atoms with Crippen LogP contribution in [0.2, 0.25) is 0 Å². The maximum Gasteiger partial charge on any atom is 0.356 e. The lowest BCUT2D eigenvalue weighted by atomic mass is 10.4. The number of aryl methyl sites for hydroxylation is 1. The lowest BCUT2D eigenvalue weighted by molar-refractivity contribution is 0.0691. The maximum atomic E-state index is 11.6. The Morgan fingerprint density at radius 1 is 1.38 bits per heavy atom. The highest BCUT2D eigenvalue weighted by atomic mass is 32.1. The monoisotopic (exact) mass is 308 g/mol. The number of carboxylic acids is 1. The van der Waals surface area contributed by atoms with E-state index in [1.807, 2.05) is 19.1 Å². The Labute approximate surface area is 125 Å². The average molecular weight is 308 g/mol. The van der Waals surface area contributed by atoms with E-state index in [-0.39, 0.29) is 11.7 Å². The zero-order valence-corrected chi connectivity index (χ0v) is 12.3. The molecule has 0 radical (unpaired) electrons. The summed E-state index contributed by atoms with van der Waals surface area (Å²) < 4.78 is 1.62. The Morgan fingerprint density at radius 2 is 2.19 bits per heavy atom. The van der Waals surface area contributed by atoms with Crippen LogP contribution in [0.4, 0.5) is 4.79 Å². The zero-order valence-electron chi connectivity index (χ0n) is 11.5. The number of hydrogen-bond donors (Lipinski definition) is 3. The third-order valence-corrected chi connectivity index (χ3v) is 3.73. The normalized spacial score (nSPS) is 10.3. The molecule has 0 bridgehead atoms. The molecule has 0 saturated heterocycles. The van der Waals surface area contributed by atoms with Crippen molar-refractivity contribution in [1.29, 1.82) is 0 Å². The van der Waals surface area contributed by atoms with Gasteiger partial charge in [0.05, 0.1) is 12.9 Å². The fraction of sp³-hybridized carbons (Fsp3) is 0.308. The van der Waals surface area contributed by atoms with Crippen LogP contribution in [0.5, 0.6) is 0 Å². The van der Waals surface area contributed by atoms with E-state index in [4.69, 9.17) is 5.11 Å². The van der Waals surface area contributed by atoms with E-state index in [0.717, 1.165) is 4.88 Å². The number of urea groups is 1. The van der Waals surface area contributed by atoms with Crippen LogP contribution in [-0.4, -0.2) is 33.2 Å². The van der Waals surface area contributed by atoms with Gasteiger partial charge in [-0.1, -0.05) is 0 Å². The predicted molar refractivity (Wildman–Crippen MR) is 78.5 cm³/mol. The van der Waals surface area contributed by atoms with Gasteiger partial charge in [-0.15, -0.1) is 11.3 Å². The van der Waals surface area contributed by atoms with Crippen molar-refractivity contribution in [3.05, 3.63) is 40.1 Å². The zero-order chi connectivity index (χ0) is 15.2. The highest BCUT2D eigenvalue weighted by Gasteiger charge is 2.06. The molecule has 0 aliphatic heterocycles. The summed E-state index contributed by atoms with van der Waals surface area (Å²) in [5.41, 5.74) is -0.00693. The fourth-order valence-corrected chi connectivity index (χ4v) is 2.53. The Balaban J connectivity index is 1.67. The van der Waals surface area contributed by atoms with E-state index in [9.17, 15) is 9.59 Å². The van der Waals surface area contributed by atoms with E-state index in [2.05, 4.69) is 15.6 Å². The van der Waals surface area contributed by atoms with Crippen LogP contribution in [0.1, 0.15) is 20.2 Å². The SMILES string of the molecule is Cc1ccc(CNC(=O)NCCn2cnc(C(=O)O)c2)s1. The van der Waals surface area contributed by atoms with Crippen LogP contribution in [0, 0.1) is 6.92 Å². The Kier molecular flexibility index (Phi) is 4.94. The summed E-state index contributed by atoms with van der Waals surface area (Å²) in [6.07, 6.45) is 2.85. The number of nitrogens with one attached hydrogen (secondary N) is 2. The van der Waals surface area contributed by atoms with Crippen molar-refractivity contribution < 1.29 is 14.7 Å². The topological polar surface area (TPSA) is 96.3 Å². The molecule has 0 aliphatic carbocycles. The first-order valence-corrected chi connectivity index (χ1v) is 7.18. The predicted octanol–water partition coefficient (Wildman–Crippen LogP) is 1.45. The van der Waals surface area contributed by atoms with E-state index in [1.54, 1.807) is 15.9 Å². The van der Waals surface area contributed by atoms with Gasteiger partial charge in [-0.25, -0.2) is 14.6 Å². The van der Waals surface area contributed by atoms with Crippen molar-refractivity contribution >= 4 is 23.3 Å². The van der Waals surface area contributed by atoms with Gasteiger partial charge in [-0.05, 0) is 19.1 Å². The van der Waals surface area contributed by atoms with Crippen molar-refractivity contribution in [3.63, 3.8) is 0 Å². The number of imidazole rings is 1. The highest BCUT2D eigenvalue weighted by molar-refractivity contribution is 7.11. The molecule has 3 N–H and O–H groups in total. The Bertz CT molecular complexity index is 635. The number of carbonyl (C=O) groups is 2. The first-order valence-electron chi connectivity index (χ1n) is 6.36. The summed E-state index contributed by atoms with van der Waals surface area (Å²) in [6.45, 7) is 3.37. The Hall–Kier alpha value is -2.35. The maximum absolute atomic E-state index is 11.6. The van der Waals surface area contributed by atoms with Gasteiger partial charge in [-0.3, -0.25) is 0 Å². The van der Waals surface area contributed by atoms with E-state index >= 15 is 0 Å². The number of hydrogen-bond acceptors (Lipinski definition) is 4. The number of nitrogens with zero attached hydrogens (tertiary/aromatic N) is 2. The van der Waals surface area contributed by atoms with Gasteiger partial charge in [0.2, 0.25) is 0 Å². The van der Waals surface area contributed by atoms with Crippen LogP contribution >= 0.6 is 11.3 Å². The number of carbonyl (C=O) groups excluding carboxylic acids is 1. The number of rotatable bonds is 6. The van der Waals surface area contributed by atoms with E-state index in [0.29, 0.717) is 19.6 Å². The molecule has 0 aromatic carbocycles. The molecule has 2 aromatic rings. The lowest BCUT2D eigenvalue weighted by Crippen LogP contribution is -2.36. The third kappa shape index (κ3) is 4.60. The summed E-state index contributed by atoms with van der Waals surface area (Å²) in [5, 5.41) is 14.2. The second kappa shape index (κ2) is 6.89. The van der Waals surface area contributed by atoms with Gasteiger partial charge in [0.15, 0.2) is 5.69 Å². The number of aromatic carboxylic acids is 1. The number of aromatic nitrogens is 2. The van der Waals surface area contributed by atoms with Crippen molar-refractivity contribution in [1.82, 2.24) is 20.2 Å². The minimum atomic E-state index is -1.06. The molecule has 7 nitrogen and oxygen atoms in total. The fourth-order valence-electron chi connectivity index (χ4n) is 1.70. The van der Waals surface area contributed by atoms with Crippen LogP contribution in [0.15, 0.2) is 24.7 Å². The molecule has 21 heavy (non-hydrogen) atoms. The number of carboxylic acid groups (broad SMARTS) is 1. The van der Waals surface area contributed by atoms with Crippen LogP contribution in [-0.2, 0) is 13.1 Å². The minimum absolute atomic E-state index is 0.00693. The molecule has 0 aliphatic rings. The first kappa shape index (κ1) is 15.0. The van der Waals surface area contributed by atoms with Gasteiger partial charge in [0, 0.05) is 29.0 Å². The smallest absolute Gasteiger partial charge is 0.356 e. The molecule has 0 atom stereocenters. The quantitative estimate of drug-likeness (QED) is 0.752. The summed E-state index contributed by atoms with van der Waals surface area (Å²) in [5.74, 6) is -1.06. The molecule has 2 rings (SSSR count). The number of thiophene rings is 1. The summed E-state index contributed by atoms with van der Waals surface area (Å²) in [7, 11) is 0. The van der Waals surface area contributed by atoms with Crippen molar-refractivity contribution in [2.75, 3.05) is 6.54 Å². The van der Waals surface area contributed by atoms with Gasteiger partial charge < -0.3 is 20.3 Å². The molecular weight excluding hydrogens is 292 g/mol. The lowest BCUT2D eigenvalue weighted by Gasteiger charge is -2.07. The third-order valence-electron chi connectivity index (χ3n) is 2.73. The molecule has 2 aromatic heterocycles. The van der Waals surface area contributed by atoms with E-state index < -0.39 is 5.97 Å². The molecule has 2 heterocycles. The van der Waals surface area contributed by atoms with Crippen molar-refractivity contribution in [3.8, 4) is 0 Å². The van der Waals surface area contributed by atoms with Crippen molar-refractivity contribution in [2.24, 2.45) is 0 Å². The van der Waals surface area contributed by atoms with E-state index in [1.165, 1.54) is 17.4 Å². The highest BCUT2D eigenvalue weighted by Crippen LogP contribution is 2.14.